The summed E-state index contributed by atoms with van der Waals surface area (Å²) in [5.74, 6) is -2.14. The maximum Gasteiger partial charge on any atom is 0.323 e. The number of hydroxylamine groups is 1. The fraction of sp³-hybridized carbons (Fsp3) is 0.714. The van der Waals surface area contributed by atoms with Crippen LogP contribution in [0.4, 0.5) is 0 Å². The summed E-state index contributed by atoms with van der Waals surface area (Å²) in [4.78, 5) is 25.7. The van der Waals surface area contributed by atoms with E-state index in [2.05, 4.69) is 5.48 Å². The van der Waals surface area contributed by atoms with Gasteiger partial charge in [0.1, 0.15) is 12.1 Å². The molecule has 5 N–H and O–H groups in total. The second kappa shape index (κ2) is 4.36. The first-order valence-electron chi connectivity index (χ1n) is 4.13. The molecule has 7 nitrogen and oxygen atoms in total. The van der Waals surface area contributed by atoms with Gasteiger partial charge in [0.25, 0.3) is 0 Å². The molecule has 14 heavy (non-hydrogen) atoms. The third-order valence-electron chi connectivity index (χ3n) is 2.01. The fourth-order valence-corrected chi connectivity index (χ4v) is 1.22. The van der Waals surface area contributed by atoms with Gasteiger partial charge in [-0.2, -0.15) is 5.48 Å². The van der Waals surface area contributed by atoms with Crippen LogP contribution in [0, 0.1) is 0 Å². The van der Waals surface area contributed by atoms with Crippen molar-refractivity contribution in [2.24, 2.45) is 5.73 Å². The smallest absolute Gasteiger partial charge is 0.323 e. The Bertz CT molecular complexity index is 244. The van der Waals surface area contributed by atoms with E-state index in [1.54, 1.807) is 0 Å². The van der Waals surface area contributed by atoms with Gasteiger partial charge in [0.05, 0.1) is 6.10 Å². The van der Waals surface area contributed by atoms with Crippen molar-refractivity contribution in [3.05, 3.63) is 0 Å². The number of rotatable bonds is 4. The molecule has 0 radical (unpaired) electrons. The van der Waals surface area contributed by atoms with Gasteiger partial charge in [0, 0.05) is 12.8 Å². The van der Waals surface area contributed by atoms with Gasteiger partial charge in [-0.25, -0.2) is 0 Å². The van der Waals surface area contributed by atoms with Crippen LogP contribution >= 0.6 is 0 Å². The molecule has 3 atom stereocenters. The first kappa shape index (κ1) is 10.9. The summed E-state index contributed by atoms with van der Waals surface area (Å²) in [6.45, 7) is 0. The first-order valence-corrected chi connectivity index (χ1v) is 4.13. The summed E-state index contributed by atoms with van der Waals surface area (Å²) in [5, 5.41) is 17.1. The van der Waals surface area contributed by atoms with Gasteiger partial charge in [-0.15, -0.1) is 0 Å². The number of aliphatic carboxylic acids is 2. The van der Waals surface area contributed by atoms with Crippen LogP contribution < -0.4 is 11.2 Å². The summed E-state index contributed by atoms with van der Waals surface area (Å²) in [5.41, 5.74) is 7.57. The summed E-state index contributed by atoms with van der Waals surface area (Å²) in [7, 11) is 0. The predicted molar refractivity (Wildman–Crippen MR) is 44.3 cm³/mol. The van der Waals surface area contributed by atoms with Gasteiger partial charge < -0.3 is 15.9 Å². The number of carboxylic acid groups (broad SMARTS) is 2. The highest BCUT2D eigenvalue weighted by atomic mass is 16.7. The van der Waals surface area contributed by atoms with E-state index in [0.29, 0.717) is 0 Å². The molecule has 1 rings (SSSR count). The lowest BCUT2D eigenvalue weighted by Gasteiger charge is -2.10. The maximum absolute atomic E-state index is 10.5. The zero-order valence-corrected chi connectivity index (χ0v) is 7.34. The molecule has 80 valence electrons. The van der Waals surface area contributed by atoms with Crippen LogP contribution in [0.5, 0.6) is 0 Å². The van der Waals surface area contributed by atoms with E-state index >= 15 is 0 Å². The molecule has 0 aromatic rings. The van der Waals surface area contributed by atoms with Crippen LogP contribution in [0.15, 0.2) is 0 Å². The van der Waals surface area contributed by atoms with Gasteiger partial charge in [-0.05, 0) is 0 Å². The molecule has 0 aromatic heterocycles. The molecule has 1 heterocycles. The molecule has 1 fully saturated rings. The molecular weight excluding hydrogens is 192 g/mol. The van der Waals surface area contributed by atoms with Crippen LogP contribution in [0.2, 0.25) is 0 Å². The van der Waals surface area contributed by atoms with Crippen molar-refractivity contribution in [3.8, 4) is 0 Å². The Morgan fingerprint density at radius 3 is 2.64 bits per heavy atom. The average Bonchev–Trinajstić information content (AvgIpc) is 2.52. The third-order valence-corrected chi connectivity index (χ3v) is 2.01. The Hall–Kier alpha value is -1.18. The molecule has 1 unspecified atom stereocenters. The molecule has 0 spiro atoms. The number of hydrogen-bond acceptors (Lipinski definition) is 5. The second-order valence-electron chi connectivity index (χ2n) is 3.16. The van der Waals surface area contributed by atoms with Crippen LogP contribution in [0.1, 0.15) is 12.8 Å². The minimum absolute atomic E-state index is 0.103. The normalized spacial score (nSPS) is 28.6. The van der Waals surface area contributed by atoms with Crippen molar-refractivity contribution < 1.29 is 24.6 Å². The number of carboxylic acids is 2. The minimum atomic E-state index is -1.12. The molecule has 1 saturated heterocycles. The lowest BCUT2D eigenvalue weighted by atomic mass is 10.0. The van der Waals surface area contributed by atoms with Crippen molar-refractivity contribution in [2.45, 2.75) is 31.0 Å². The summed E-state index contributed by atoms with van der Waals surface area (Å²) >= 11 is 0. The zero-order chi connectivity index (χ0) is 10.7. The van der Waals surface area contributed by atoms with Gasteiger partial charge in [-0.3, -0.25) is 14.4 Å². The molecule has 0 saturated carbocycles. The summed E-state index contributed by atoms with van der Waals surface area (Å²) in [6.07, 6.45) is -0.121. The average molecular weight is 204 g/mol. The minimum Gasteiger partial charge on any atom is -0.480 e. The van der Waals surface area contributed by atoms with Crippen LogP contribution in [-0.2, 0) is 14.4 Å². The number of hydrogen-bond donors (Lipinski definition) is 4. The molecule has 0 bridgehead atoms. The van der Waals surface area contributed by atoms with E-state index in [-0.39, 0.29) is 12.8 Å². The van der Waals surface area contributed by atoms with E-state index < -0.39 is 30.1 Å². The van der Waals surface area contributed by atoms with Crippen molar-refractivity contribution >= 4 is 11.9 Å². The van der Waals surface area contributed by atoms with Gasteiger partial charge in [0.2, 0.25) is 0 Å². The highest BCUT2D eigenvalue weighted by molar-refractivity contribution is 5.74. The quantitative estimate of drug-likeness (QED) is 0.441. The SMILES string of the molecule is N[C@@H](C[C@H]1CC(C(=O)O)NO1)C(=O)O. The van der Waals surface area contributed by atoms with Crippen molar-refractivity contribution in [3.63, 3.8) is 0 Å². The lowest BCUT2D eigenvalue weighted by molar-refractivity contribution is -0.141. The van der Waals surface area contributed by atoms with E-state index in [9.17, 15) is 9.59 Å². The Morgan fingerprint density at radius 2 is 2.21 bits per heavy atom. The van der Waals surface area contributed by atoms with E-state index in [0.717, 1.165) is 0 Å². The van der Waals surface area contributed by atoms with Gasteiger partial charge in [0.15, 0.2) is 0 Å². The van der Waals surface area contributed by atoms with Crippen LogP contribution in [-0.4, -0.2) is 40.3 Å². The van der Waals surface area contributed by atoms with E-state index in [1.807, 2.05) is 0 Å². The summed E-state index contributed by atoms with van der Waals surface area (Å²) in [6, 6.07) is -1.80. The third kappa shape index (κ3) is 2.66. The highest BCUT2D eigenvalue weighted by Crippen LogP contribution is 2.15. The van der Waals surface area contributed by atoms with Crippen LogP contribution in [0.25, 0.3) is 0 Å². The summed E-state index contributed by atoms with van der Waals surface area (Å²) < 4.78 is 0. The fourth-order valence-electron chi connectivity index (χ4n) is 1.22. The van der Waals surface area contributed by atoms with Gasteiger partial charge in [-0.1, -0.05) is 0 Å². The highest BCUT2D eigenvalue weighted by Gasteiger charge is 2.32. The Kier molecular flexibility index (Phi) is 3.39. The Balaban J connectivity index is 2.36. The Morgan fingerprint density at radius 1 is 1.57 bits per heavy atom. The molecular formula is C7H12N2O5. The number of nitrogens with one attached hydrogen (secondary N) is 1. The predicted octanol–water partition coefficient (Wildman–Crippen LogP) is -1.46. The largest absolute Gasteiger partial charge is 0.480 e. The topological polar surface area (TPSA) is 122 Å². The van der Waals surface area contributed by atoms with Crippen LogP contribution in [0.3, 0.4) is 0 Å². The lowest BCUT2D eigenvalue weighted by Crippen LogP contribution is -2.34. The Labute approximate surface area is 79.8 Å². The standard InChI is InChI=1S/C7H12N2O5/c8-4(6(10)11)1-3-2-5(7(12)13)9-14-3/h3-5,9H,1-2,8H2,(H,10,11)(H,12,13)/t3-,4-,5?/m0/s1. The monoisotopic (exact) mass is 204 g/mol. The molecule has 0 aliphatic carbocycles. The molecule has 1 aliphatic heterocycles. The van der Waals surface area contributed by atoms with Crippen molar-refractivity contribution in [1.29, 1.82) is 0 Å². The molecule has 0 amide bonds. The van der Waals surface area contributed by atoms with E-state index in [1.165, 1.54) is 0 Å². The van der Waals surface area contributed by atoms with E-state index in [4.69, 9.17) is 20.8 Å². The van der Waals surface area contributed by atoms with Crippen molar-refractivity contribution in [1.82, 2.24) is 5.48 Å². The molecule has 0 aromatic carbocycles. The second-order valence-corrected chi connectivity index (χ2v) is 3.16. The zero-order valence-electron chi connectivity index (χ0n) is 7.34. The maximum atomic E-state index is 10.5. The van der Waals surface area contributed by atoms with Crippen molar-refractivity contribution in [2.75, 3.05) is 0 Å². The number of nitrogens with two attached hydrogens (primary N) is 1. The van der Waals surface area contributed by atoms with Gasteiger partial charge >= 0.3 is 11.9 Å². The first-order chi connectivity index (χ1) is 6.50. The number of carbonyl (C=O) groups is 2. The molecule has 7 heteroatoms. The molecule has 1 aliphatic rings.